The third kappa shape index (κ3) is 1.55. The van der Waals surface area contributed by atoms with Crippen molar-refractivity contribution in [2.24, 2.45) is 0 Å². The average molecular weight is 240 g/mol. The van der Waals surface area contributed by atoms with Crippen LogP contribution in [-0.4, -0.2) is 20.2 Å². The first-order valence-corrected chi connectivity index (χ1v) is 5.48. The Labute approximate surface area is 103 Å². The SMILES string of the molecule is Cc1nc(N)nc(N)c1-c1ccc2[nH]ncc2c1. The number of nitrogens with zero attached hydrogens (tertiary/aromatic N) is 3. The van der Waals surface area contributed by atoms with Gasteiger partial charge in [-0.25, -0.2) is 4.98 Å². The van der Waals surface area contributed by atoms with Gasteiger partial charge in [0.15, 0.2) is 0 Å². The van der Waals surface area contributed by atoms with Crippen molar-refractivity contribution in [3.05, 3.63) is 30.1 Å². The van der Waals surface area contributed by atoms with E-state index in [-0.39, 0.29) is 5.95 Å². The second-order valence-electron chi connectivity index (χ2n) is 4.10. The topological polar surface area (TPSA) is 106 Å². The van der Waals surface area contributed by atoms with E-state index in [0.717, 1.165) is 27.7 Å². The number of aromatic amines is 1. The van der Waals surface area contributed by atoms with E-state index in [0.29, 0.717) is 5.82 Å². The molecular formula is C12H12N6. The monoisotopic (exact) mass is 240 g/mol. The van der Waals surface area contributed by atoms with Gasteiger partial charge in [-0.2, -0.15) is 10.1 Å². The molecule has 3 aromatic rings. The molecule has 0 atom stereocenters. The lowest BCUT2D eigenvalue weighted by Gasteiger charge is -2.09. The van der Waals surface area contributed by atoms with Gasteiger partial charge in [0, 0.05) is 10.9 Å². The van der Waals surface area contributed by atoms with Crippen LogP contribution in [0.5, 0.6) is 0 Å². The Kier molecular flexibility index (Phi) is 2.16. The first-order valence-electron chi connectivity index (χ1n) is 5.48. The quantitative estimate of drug-likeness (QED) is 0.597. The van der Waals surface area contributed by atoms with E-state index in [1.807, 2.05) is 25.1 Å². The van der Waals surface area contributed by atoms with Crippen LogP contribution >= 0.6 is 0 Å². The van der Waals surface area contributed by atoms with Crippen LogP contribution in [0, 0.1) is 6.92 Å². The summed E-state index contributed by atoms with van der Waals surface area (Å²) in [6, 6.07) is 5.91. The van der Waals surface area contributed by atoms with Crippen molar-refractivity contribution in [1.82, 2.24) is 20.2 Å². The Morgan fingerprint density at radius 3 is 2.78 bits per heavy atom. The number of hydrogen-bond donors (Lipinski definition) is 3. The number of nitrogen functional groups attached to an aromatic ring is 2. The molecule has 0 aliphatic carbocycles. The molecule has 0 aliphatic heterocycles. The van der Waals surface area contributed by atoms with Crippen molar-refractivity contribution in [2.75, 3.05) is 11.5 Å². The van der Waals surface area contributed by atoms with Crippen molar-refractivity contribution in [3.63, 3.8) is 0 Å². The molecule has 0 amide bonds. The highest BCUT2D eigenvalue weighted by Crippen LogP contribution is 2.29. The van der Waals surface area contributed by atoms with Crippen molar-refractivity contribution in [2.45, 2.75) is 6.92 Å². The predicted octanol–water partition coefficient (Wildman–Crippen LogP) is 1.49. The number of H-pyrrole nitrogens is 1. The largest absolute Gasteiger partial charge is 0.383 e. The molecule has 90 valence electrons. The van der Waals surface area contributed by atoms with Gasteiger partial charge in [-0.15, -0.1) is 0 Å². The molecule has 5 N–H and O–H groups in total. The zero-order valence-electron chi connectivity index (χ0n) is 9.81. The summed E-state index contributed by atoms with van der Waals surface area (Å²) in [5.74, 6) is 0.584. The summed E-state index contributed by atoms with van der Waals surface area (Å²) in [5, 5.41) is 7.91. The number of aryl methyl sites for hydroxylation is 1. The van der Waals surface area contributed by atoms with E-state index >= 15 is 0 Å². The van der Waals surface area contributed by atoms with Crippen LogP contribution in [0.2, 0.25) is 0 Å². The van der Waals surface area contributed by atoms with Gasteiger partial charge in [0.2, 0.25) is 5.95 Å². The molecule has 0 saturated carbocycles. The fourth-order valence-electron chi connectivity index (χ4n) is 2.07. The van der Waals surface area contributed by atoms with Gasteiger partial charge in [0.25, 0.3) is 0 Å². The van der Waals surface area contributed by atoms with Crippen molar-refractivity contribution < 1.29 is 0 Å². The first-order chi connectivity index (χ1) is 8.65. The van der Waals surface area contributed by atoms with Crippen molar-refractivity contribution in [1.29, 1.82) is 0 Å². The van der Waals surface area contributed by atoms with Crippen molar-refractivity contribution in [3.8, 4) is 11.1 Å². The normalized spacial score (nSPS) is 10.9. The minimum atomic E-state index is 0.193. The lowest BCUT2D eigenvalue weighted by atomic mass is 10.0. The maximum atomic E-state index is 5.92. The number of hydrogen-bond acceptors (Lipinski definition) is 5. The number of anilines is 2. The molecule has 2 heterocycles. The lowest BCUT2D eigenvalue weighted by Crippen LogP contribution is -2.04. The molecule has 6 heteroatoms. The van der Waals surface area contributed by atoms with Crippen LogP contribution in [0.25, 0.3) is 22.0 Å². The zero-order valence-corrected chi connectivity index (χ0v) is 9.81. The highest BCUT2D eigenvalue weighted by molar-refractivity contribution is 5.87. The third-order valence-electron chi connectivity index (χ3n) is 2.86. The summed E-state index contributed by atoms with van der Waals surface area (Å²) in [5.41, 5.74) is 15.0. The maximum absolute atomic E-state index is 5.92. The van der Waals surface area contributed by atoms with Crippen LogP contribution in [0.3, 0.4) is 0 Å². The van der Waals surface area contributed by atoms with Crippen LogP contribution in [0.1, 0.15) is 5.69 Å². The van der Waals surface area contributed by atoms with Crippen LogP contribution < -0.4 is 11.5 Å². The Bertz CT molecular complexity index is 707. The summed E-state index contributed by atoms with van der Waals surface area (Å²) >= 11 is 0. The van der Waals surface area contributed by atoms with Gasteiger partial charge in [0.05, 0.1) is 17.4 Å². The van der Waals surface area contributed by atoms with Gasteiger partial charge >= 0.3 is 0 Å². The van der Waals surface area contributed by atoms with Gasteiger partial charge in [0.1, 0.15) is 5.82 Å². The molecule has 0 aliphatic rings. The Balaban J connectivity index is 2.25. The van der Waals surface area contributed by atoms with Crippen molar-refractivity contribution >= 4 is 22.7 Å². The number of nitrogens with two attached hydrogens (primary N) is 2. The highest BCUT2D eigenvalue weighted by Gasteiger charge is 2.11. The van der Waals surface area contributed by atoms with E-state index in [4.69, 9.17) is 11.5 Å². The molecule has 0 radical (unpaired) electrons. The number of aromatic nitrogens is 4. The Morgan fingerprint density at radius 2 is 2.00 bits per heavy atom. The predicted molar refractivity (Wildman–Crippen MR) is 70.7 cm³/mol. The minimum Gasteiger partial charge on any atom is -0.383 e. The third-order valence-corrected chi connectivity index (χ3v) is 2.86. The number of fused-ring (bicyclic) bond motifs is 1. The first kappa shape index (κ1) is 10.5. The molecule has 0 spiro atoms. The molecule has 2 aromatic heterocycles. The Hall–Kier alpha value is -2.63. The average Bonchev–Trinajstić information content (AvgIpc) is 2.74. The second kappa shape index (κ2) is 3.69. The summed E-state index contributed by atoms with van der Waals surface area (Å²) in [4.78, 5) is 8.14. The number of benzene rings is 1. The second-order valence-corrected chi connectivity index (χ2v) is 4.10. The fourth-order valence-corrected chi connectivity index (χ4v) is 2.07. The van der Waals surface area contributed by atoms with Crippen LogP contribution in [0.15, 0.2) is 24.4 Å². The molecular weight excluding hydrogens is 228 g/mol. The lowest BCUT2D eigenvalue weighted by molar-refractivity contribution is 1.12. The van der Waals surface area contributed by atoms with E-state index in [1.54, 1.807) is 6.20 Å². The van der Waals surface area contributed by atoms with E-state index in [1.165, 1.54) is 0 Å². The maximum Gasteiger partial charge on any atom is 0.222 e. The van der Waals surface area contributed by atoms with E-state index < -0.39 is 0 Å². The van der Waals surface area contributed by atoms with Gasteiger partial charge in [-0.3, -0.25) is 5.10 Å². The molecule has 6 nitrogen and oxygen atoms in total. The highest BCUT2D eigenvalue weighted by atomic mass is 15.1. The standard InChI is InChI=1S/C12H12N6/c1-6-10(11(13)17-12(14)16-6)7-2-3-9-8(4-7)5-15-18-9/h2-5H,1H3,(H,15,18)(H4,13,14,16,17). The summed E-state index contributed by atoms with van der Waals surface area (Å²) in [6.45, 7) is 1.86. The molecule has 18 heavy (non-hydrogen) atoms. The van der Waals surface area contributed by atoms with E-state index in [9.17, 15) is 0 Å². The van der Waals surface area contributed by atoms with Gasteiger partial charge in [-0.1, -0.05) is 6.07 Å². The van der Waals surface area contributed by atoms with Gasteiger partial charge in [-0.05, 0) is 24.6 Å². The smallest absolute Gasteiger partial charge is 0.222 e. The minimum absolute atomic E-state index is 0.193. The van der Waals surface area contributed by atoms with Gasteiger partial charge < -0.3 is 11.5 Å². The summed E-state index contributed by atoms with van der Waals surface area (Å²) < 4.78 is 0. The molecule has 1 aromatic carbocycles. The molecule has 3 rings (SSSR count). The summed E-state index contributed by atoms with van der Waals surface area (Å²) in [6.07, 6.45) is 1.77. The number of nitrogens with one attached hydrogen (secondary N) is 1. The molecule has 0 unspecified atom stereocenters. The van der Waals surface area contributed by atoms with Crippen LogP contribution in [0.4, 0.5) is 11.8 Å². The van der Waals surface area contributed by atoms with E-state index in [2.05, 4.69) is 20.2 Å². The summed E-state index contributed by atoms with van der Waals surface area (Å²) in [7, 11) is 0. The molecule has 0 bridgehead atoms. The Morgan fingerprint density at radius 1 is 1.17 bits per heavy atom. The molecule has 0 saturated heterocycles. The fraction of sp³-hybridized carbons (Fsp3) is 0.0833. The number of rotatable bonds is 1. The van der Waals surface area contributed by atoms with Crippen LogP contribution in [-0.2, 0) is 0 Å². The zero-order chi connectivity index (χ0) is 12.7. The molecule has 0 fully saturated rings.